The summed E-state index contributed by atoms with van der Waals surface area (Å²) in [5.41, 5.74) is 2.50. The largest absolute Gasteiger partial charge is 0.481 e. The van der Waals surface area contributed by atoms with Crippen molar-refractivity contribution in [2.24, 2.45) is 46.3 Å². The molecule has 7 rings (SSSR count). The van der Waals surface area contributed by atoms with Crippen molar-refractivity contribution in [1.82, 2.24) is 4.98 Å². The number of aryl methyl sites for hydroxylation is 2. The van der Waals surface area contributed by atoms with Gasteiger partial charge in [-0.25, -0.2) is 4.39 Å². The molecule has 5 N–H and O–H groups in total. The van der Waals surface area contributed by atoms with E-state index < -0.39 is 23.8 Å². The van der Waals surface area contributed by atoms with E-state index in [1.165, 1.54) is 6.92 Å². The number of nitrogens with zero attached hydrogens (tertiary/aromatic N) is 1. The molecule has 0 radical (unpaired) electrons. The number of carbonyl (C=O) groups is 2. The summed E-state index contributed by atoms with van der Waals surface area (Å²) in [4.78, 5) is 28.5. The summed E-state index contributed by atoms with van der Waals surface area (Å²) >= 11 is 0. The highest BCUT2D eigenvalue weighted by Gasteiger charge is 2.66. The number of anilines is 1. The van der Waals surface area contributed by atoms with E-state index in [4.69, 9.17) is 0 Å². The molecule has 0 saturated heterocycles. The van der Waals surface area contributed by atoms with Crippen LogP contribution < -0.4 is 5.32 Å². The molecule has 9 heteroatoms. The Hall–Kier alpha value is -3.40. The second-order valence-electron chi connectivity index (χ2n) is 18.2. The maximum atomic E-state index is 15.6. The summed E-state index contributed by atoms with van der Waals surface area (Å²) in [6, 6.07) is 12.9. The zero-order chi connectivity index (χ0) is 38.7. The van der Waals surface area contributed by atoms with Crippen molar-refractivity contribution < 1.29 is 34.4 Å². The number of pyridine rings is 1. The first-order valence-corrected chi connectivity index (χ1v) is 20.3. The van der Waals surface area contributed by atoms with E-state index in [1.54, 1.807) is 12.1 Å². The number of carboxylic acids is 1. The number of Topliss-reactive ketones (excluding diaryl/α,β-unsaturated/α-hetero) is 1. The number of aromatic nitrogens is 1. The molecule has 11 atom stereocenters. The third-order valence-electron chi connectivity index (χ3n) is 15.4. The van der Waals surface area contributed by atoms with Gasteiger partial charge in [0.05, 0.1) is 40.3 Å². The van der Waals surface area contributed by atoms with Gasteiger partial charge in [-0.15, -0.1) is 0 Å². The van der Waals surface area contributed by atoms with Crippen molar-refractivity contribution in [2.45, 2.75) is 130 Å². The molecule has 0 amide bonds. The van der Waals surface area contributed by atoms with Gasteiger partial charge in [-0.05, 0) is 142 Å². The molecule has 292 valence electrons. The fraction of sp³-hybridized carbons (Fsp3) is 0.622. The molecule has 2 aromatic carbocycles. The van der Waals surface area contributed by atoms with Gasteiger partial charge in [-0.1, -0.05) is 51.1 Å². The first-order valence-electron chi connectivity index (χ1n) is 20.3. The van der Waals surface area contributed by atoms with Crippen LogP contribution in [0.2, 0.25) is 0 Å². The molecule has 0 bridgehead atoms. The Morgan fingerprint density at radius 1 is 1.06 bits per heavy atom. The average Bonchev–Trinajstić information content (AvgIpc) is 3.48. The Morgan fingerprint density at radius 3 is 2.54 bits per heavy atom. The fourth-order valence-electron chi connectivity index (χ4n) is 12.4. The minimum Gasteiger partial charge on any atom is -0.481 e. The average molecular weight is 743 g/mol. The summed E-state index contributed by atoms with van der Waals surface area (Å²) < 4.78 is 15.6. The number of aliphatic carboxylic acids is 1. The quantitative estimate of drug-likeness (QED) is 0.124. The van der Waals surface area contributed by atoms with Gasteiger partial charge in [0.25, 0.3) is 0 Å². The first kappa shape index (κ1) is 38.9. The van der Waals surface area contributed by atoms with E-state index in [0.717, 1.165) is 35.7 Å². The minimum absolute atomic E-state index is 0.0915. The lowest BCUT2D eigenvalue weighted by Gasteiger charge is -2.64. The lowest BCUT2D eigenvalue weighted by molar-refractivity contribution is -0.216. The molecule has 8 nitrogen and oxygen atoms in total. The highest BCUT2D eigenvalue weighted by atomic mass is 19.1. The van der Waals surface area contributed by atoms with Gasteiger partial charge in [-0.2, -0.15) is 0 Å². The monoisotopic (exact) mass is 742 g/mol. The van der Waals surface area contributed by atoms with Crippen LogP contribution in [0.15, 0.2) is 42.5 Å². The topological polar surface area (TPSA) is 140 Å². The van der Waals surface area contributed by atoms with Crippen LogP contribution in [0, 0.1) is 59.1 Å². The Labute approximate surface area is 319 Å². The fourth-order valence-corrected chi connectivity index (χ4v) is 12.4. The molecular formula is C45H59FN2O6. The number of benzene rings is 2. The maximum Gasteiger partial charge on any atom is 0.303 e. The molecule has 4 fully saturated rings. The number of hydrogen-bond acceptors (Lipinski definition) is 7. The molecular weight excluding hydrogens is 684 g/mol. The van der Waals surface area contributed by atoms with Crippen LogP contribution in [0.3, 0.4) is 0 Å². The summed E-state index contributed by atoms with van der Waals surface area (Å²) in [6.07, 6.45) is 5.97. The zero-order valence-electron chi connectivity index (χ0n) is 32.6. The Bertz CT molecular complexity index is 1920. The number of carboxylic acid groups (broad SMARTS) is 1. The van der Waals surface area contributed by atoms with Crippen LogP contribution in [0.25, 0.3) is 10.9 Å². The number of carbonyl (C=O) groups excluding carboxylic acids is 1. The predicted molar refractivity (Wildman–Crippen MR) is 208 cm³/mol. The van der Waals surface area contributed by atoms with Crippen molar-refractivity contribution in [2.75, 3.05) is 5.32 Å². The maximum absolute atomic E-state index is 15.6. The first-order chi connectivity index (χ1) is 25.6. The molecule has 0 spiro atoms. The molecule has 0 aliphatic heterocycles. The SMILES string of the molecule is CC(=O)c1c(C)nc2ccccc2c1NCc1ccc(CC[C@@]2(O)CCC3(C)C(CC(O)C4C3CC(O)C3(C)C4CC[C@@H]3C(C)CCC(=O)O)C2)cc1F. The summed E-state index contributed by atoms with van der Waals surface area (Å²) in [5.74, 6) is -0.240. The molecule has 1 heterocycles. The van der Waals surface area contributed by atoms with Crippen LogP contribution >= 0.6 is 0 Å². The molecule has 4 aliphatic carbocycles. The molecule has 4 aliphatic rings. The van der Waals surface area contributed by atoms with Gasteiger partial charge in [0, 0.05) is 23.9 Å². The number of rotatable bonds is 11. The van der Waals surface area contributed by atoms with E-state index in [0.29, 0.717) is 67.5 Å². The smallest absolute Gasteiger partial charge is 0.303 e. The normalized spacial score (nSPS) is 35.2. The Kier molecular flexibility index (Phi) is 10.5. The van der Waals surface area contributed by atoms with Gasteiger partial charge >= 0.3 is 5.97 Å². The van der Waals surface area contributed by atoms with Crippen LogP contribution in [0.5, 0.6) is 0 Å². The van der Waals surface area contributed by atoms with E-state index in [1.807, 2.05) is 37.3 Å². The van der Waals surface area contributed by atoms with Crippen molar-refractivity contribution in [1.29, 1.82) is 0 Å². The Balaban J connectivity index is 1.00. The lowest BCUT2D eigenvalue weighted by atomic mass is 9.42. The molecule has 9 unspecified atom stereocenters. The number of aliphatic hydroxyl groups is 3. The zero-order valence-corrected chi connectivity index (χ0v) is 32.6. The standard InChI is InChI=1S/C45H59FN2O6/c1-25(10-15-39(52)53)32-13-14-33-41-34(22-38(51)44(32,33)5)43(4)18-19-45(54,23-30(43)21-37(41)50)17-16-28-11-12-29(35(46)20-28)24-47-42-31-8-6-7-9-36(31)48-26(2)40(42)27(3)49/h6-9,11-12,20,25,30,32-34,37-38,41,50-51,54H,10,13-19,21-24H2,1-5H3,(H,47,48)(H,52,53)/t25?,30?,32-,33?,34?,37?,38?,41?,43?,44?,45-/m1/s1. The van der Waals surface area contributed by atoms with Gasteiger partial charge in [0.1, 0.15) is 5.82 Å². The highest BCUT2D eigenvalue weighted by molar-refractivity contribution is 6.08. The predicted octanol–water partition coefficient (Wildman–Crippen LogP) is 8.26. The van der Waals surface area contributed by atoms with E-state index in [2.05, 4.69) is 31.1 Å². The number of fused-ring (bicyclic) bond motifs is 6. The third-order valence-corrected chi connectivity index (χ3v) is 15.4. The molecule has 4 saturated carbocycles. The van der Waals surface area contributed by atoms with Crippen molar-refractivity contribution in [3.63, 3.8) is 0 Å². The number of ketones is 1. The van der Waals surface area contributed by atoms with E-state index in [9.17, 15) is 30.0 Å². The van der Waals surface area contributed by atoms with Crippen LogP contribution in [-0.4, -0.2) is 55.0 Å². The minimum atomic E-state index is -0.920. The Morgan fingerprint density at radius 2 is 1.81 bits per heavy atom. The van der Waals surface area contributed by atoms with Gasteiger partial charge in [-0.3, -0.25) is 14.6 Å². The number of hydrogen-bond donors (Lipinski definition) is 5. The summed E-state index contributed by atoms with van der Waals surface area (Å²) in [7, 11) is 0. The third kappa shape index (κ3) is 6.76. The van der Waals surface area contributed by atoms with Crippen molar-refractivity contribution in [3.05, 3.63) is 70.7 Å². The number of aliphatic hydroxyl groups excluding tert-OH is 2. The molecule has 54 heavy (non-hydrogen) atoms. The van der Waals surface area contributed by atoms with Crippen molar-refractivity contribution in [3.8, 4) is 0 Å². The van der Waals surface area contributed by atoms with E-state index >= 15 is 4.39 Å². The molecule has 1 aromatic heterocycles. The second-order valence-corrected chi connectivity index (χ2v) is 18.2. The van der Waals surface area contributed by atoms with Gasteiger partial charge in [0.15, 0.2) is 5.78 Å². The van der Waals surface area contributed by atoms with Crippen LogP contribution in [0.4, 0.5) is 10.1 Å². The summed E-state index contributed by atoms with van der Waals surface area (Å²) in [6.45, 7) is 10.2. The number of nitrogens with one attached hydrogen (secondary N) is 1. The van der Waals surface area contributed by atoms with Gasteiger partial charge < -0.3 is 25.7 Å². The van der Waals surface area contributed by atoms with Crippen LogP contribution in [-0.2, 0) is 17.8 Å². The van der Waals surface area contributed by atoms with Crippen molar-refractivity contribution >= 4 is 28.3 Å². The number of para-hydroxylation sites is 1. The lowest BCUT2D eigenvalue weighted by Crippen LogP contribution is -2.63. The second kappa shape index (κ2) is 14.6. The highest BCUT2D eigenvalue weighted by Crippen LogP contribution is 2.69. The number of halogens is 1. The summed E-state index contributed by atoms with van der Waals surface area (Å²) in [5, 5.41) is 49.2. The van der Waals surface area contributed by atoms with E-state index in [-0.39, 0.29) is 70.9 Å². The van der Waals surface area contributed by atoms with Crippen LogP contribution in [0.1, 0.15) is 119 Å². The molecule has 3 aromatic rings. The van der Waals surface area contributed by atoms with Gasteiger partial charge in [0.2, 0.25) is 0 Å².